The van der Waals surface area contributed by atoms with E-state index < -0.39 is 24.9 Å². The Hall–Kier alpha value is -1.11. The van der Waals surface area contributed by atoms with Gasteiger partial charge in [-0.1, -0.05) is 0 Å². The quantitative estimate of drug-likeness (QED) is 0.419. The number of hydrogen-bond acceptors (Lipinski definition) is 5. The minimum Gasteiger partial charge on any atom is -0.470 e. The van der Waals surface area contributed by atoms with Gasteiger partial charge in [-0.15, -0.1) is 0 Å². The molecule has 80 valence electrons. The van der Waals surface area contributed by atoms with Crippen LogP contribution in [-0.4, -0.2) is 46.1 Å². The predicted molar refractivity (Wildman–Crippen MR) is 45.9 cm³/mol. The fraction of sp³-hybridized carbons (Fsp3) is 0.625. The number of aliphatic hydroxyl groups is 3. The van der Waals surface area contributed by atoms with Crippen molar-refractivity contribution in [2.45, 2.75) is 25.2 Å². The number of nitrogens with one attached hydrogen (secondary N) is 1. The lowest BCUT2D eigenvalue weighted by Gasteiger charge is -2.30. The topological polar surface area (TPSA) is 99.0 Å². The molecule has 1 rings (SSSR count). The molecule has 4 N–H and O–H groups in total. The van der Waals surface area contributed by atoms with E-state index in [2.05, 4.69) is 5.32 Å². The second-order valence-electron chi connectivity index (χ2n) is 3.03. The second kappa shape index (κ2) is 4.41. The predicted octanol–water partition coefficient (Wildman–Crippen LogP) is -1.92. The van der Waals surface area contributed by atoms with E-state index in [4.69, 9.17) is 9.84 Å². The number of carbonyl (C=O) groups is 1. The van der Waals surface area contributed by atoms with Crippen molar-refractivity contribution in [2.75, 3.05) is 6.61 Å². The molecule has 0 aliphatic carbocycles. The van der Waals surface area contributed by atoms with Crippen LogP contribution in [0.4, 0.5) is 0 Å². The molecule has 0 aromatic heterocycles. The zero-order valence-corrected chi connectivity index (χ0v) is 7.67. The van der Waals surface area contributed by atoms with Gasteiger partial charge in [0.2, 0.25) is 5.91 Å². The van der Waals surface area contributed by atoms with Gasteiger partial charge in [0.25, 0.3) is 0 Å². The van der Waals surface area contributed by atoms with Gasteiger partial charge in [-0.05, 0) is 0 Å². The average molecular weight is 203 g/mol. The molecule has 3 atom stereocenters. The summed E-state index contributed by atoms with van der Waals surface area (Å²) < 4.78 is 5.00. The molecule has 0 fully saturated rings. The normalized spacial score (nSPS) is 31.7. The minimum atomic E-state index is -1.18. The Morgan fingerprint density at radius 1 is 1.64 bits per heavy atom. The maximum atomic E-state index is 10.7. The fourth-order valence-electron chi connectivity index (χ4n) is 1.14. The second-order valence-corrected chi connectivity index (χ2v) is 3.03. The van der Waals surface area contributed by atoms with Crippen molar-refractivity contribution >= 4 is 5.91 Å². The molecular formula is C8H13NO5. The summed E-state index contributed by atoms with van der Waals surface area (Å²) in [5.74, 6) is -0.300. The van der Waals surface area contributed by atoms with Gasteiger partial charge in [-0.25, -0.2) is 0 Å². The van der Waals surface area contributed by atoms with Gasteiger partial charge in [-0.2, -0.15) is 0 Å². The van der Waals surface area contributed by atoms with Crippen LogP contribution in [0.25, 0.3) is 0 Å². The summed E-state index contributed by atoms with van der Waals surface area (Å²) in [5, 5.41) is 29.7. The zero-order chi connectivity index (χ0) is 10.7. The summed E-state index contributed by atoms with van der Waals surface area (Å²) in [6.07, 6.45) is -2.07. The summed E-state index contributed by atoms with van der Waals surface area (Å²) in [4.78, 5) is 10.7. The summed E-state index contributed by atoms with van der Waals surface area (Å²) in [6, 6.07) is 0. The summed E-state index contributed by atoms with van der Waals surface area (Å²) in [6.45, 7) is 0.852. The summed E-state index contributed by atoms with van der Waals surface area (Å²) in [5.41, 5.74) is 0. The Kier molecular flexibility index (Phi) is 3.45. The highest BCUT2D eigenvalue weighted by atomic mass is 16.5. The number of ether oxygens (including phenoxy) is 1. The van der Waals surface area contributed by atoms with E-state index in [-0.39, 0.29) is 11.8 Å². The molecular weight excluding hydrogens is 190 g/mol. The zero-order valence-electron chi connectivity index (χ0n) is 7.67. The third-order valence-electron chi connectivity index (χ3n) is 1.81. The van der Waals surface area contributed by atoms with Crippen LogP contribution in [0, 0.1) is 0 Å². The van der Waals surface area contributed by atoms with Crippen LogP contribution in [0.3, 0.4) is 0 Å². The Morgan fingerprint density at radius 3 is 2.79 bits per heavy atom. The highest BCUT2D eigenvalue weighted by Gasteiger charge is 2.32. The van der Waals surface area contributed by atoms with Crippen LogP contribution >= 0.6 is 0 Å². The Morgan fingerprint density at radius 2 is 2.29 bits per heavy atom. The van der Waals surface area contributed by atoms with E-state index in [9.17, 15) is 15.0 Å². The average Bonchev–Trinajstić information content (AvgIpc) is 2.10. The van der Waals surface area contributed by atoms with Gasteiger partial charge in [0, 0.05) is 13.0 Å². The lowest BCUT2D eigenvalue weighted by Crippen LogP contribution is -2.46. The van der Waals surface area contributed by atoms with Crippen LogP contribution < -0.4 is 5.32 Å². The third kappa shape index (κ3) is 2.44. The Balaban J connectivity index is 2.70. The van der Waals surface area contributed by atoms with E-state index >= 15 is 0 Å². The maximum Gasteiger partial charge on any atom is 0.223 e. The summed E-state index contributed by atoms with van der Waals surface area (Å²) >= 11 is 0. The van der Waals surface area contributed by atoms with E-state index in [1.165, 1.54) is 13.0 Å². The molecule has 0 radical (unpaired) electrons. The first-order chi connectivity index (χ1) is 6.54. The van der Waals surface area contributed by atoms with Gasteiger partial charge in [0.05, 0.1) is 6.61 Å². The van der Waals surface area contributed by atoms with E-state index in [1.807, 2.05) is 0 Å². The molecule has 1 aliphatic heterocycles. The Bertz CT molecular complexity index is 252. The number of hydrogen-bond donors (Lipinski definition) is 4. The molecule has 0 saturated carbocycles. The molecule has 1 aliphatic rings. The molecule has 6 heteroatoms. The van der Waals surface area contributed by atoms with Crippen LogP contribution in [0.1, 0.15) is 6.92 Å². The van der Waals surface area contributed by atoms with Crippen LogP contribution in [-0.2, 0) is 9.53 Å². The molecule has 0 unspecified atom stereocenters. The summed E-state index contributed by atoms with van der Waals surface area (Å²) in [7, 11) is 0. The molecule has 1 amide bonds. The van der Waals surface area contributed by atoms with Gasteiger partial charge in [-0.3, -0.25) is 10.1 Å². The number of carbonyl (C=O) groups excluding carboxylic acids is 1. The molecule has 6 nitrogen and oxygen atoms in total. The van der Waals surface area contributed by atoms with Crippen molar-refractivity contribution in [3.05, 3.63) is 12.0 Å². The lowest BCUT2D eigenvalue weighted by molar-refractivity contribution is -0.123. The molecule has 0 bridgehead atoms. The number of amides is 1. The molecule has 0 aromatic rings. The van der Waals surface area contributed by atoms with Crippen molar-refractivity contribution in [1.29, 1.82) is 0 Å². The largest absolute Gasteiger partial charge is 0.470 e. The van der Waals surface area contributed by atoms with Crippen molar-refractivity contribution in [1.82, 2.24) is 5.32 Å². The van der Waals surface area contributed by atoms with E-state index in [1.54, 1.807) is 0 Å². The van der Waals surface area contributed by atoms with Crippen molar-refractivity contribution in [2.24, 2.45) is 0 Å². The highest BCUT2D eigenvalue weighted by molar-refractivity contribution is 5.74. The molecule has 0 aromatic carbocycles. The van der Waals surface area contributed by atoms with Gasteiger partial charge in [0.15, 0.2) is 12.0 Å². The SMILES string of the molecule is CC(=O)NC1=C[C@@H](O)[C@H](O)[C@@H](CO)O1. The third-order valence-corrected chi connectivity index (χ3v) is 1.81. The maximum absolute atomic E-state index is 10.7. The number of aliphatic hydroxyl groups excluding tert-OH is 3. The first-order valence-electron chi connectivity index (χ1n) is 4.17. The van der Waals surface area contributed by atoms with Crippen molar-refractivity contribution in [3.8, 4) is 0 Å². The number of rotatable bonds is 2. The smallest absolute Gasteiger partial charge is 0.223 e. The first-order valence-corrected chi connectivity index (χ1v) is 4.17. The van der Waals surface area contributed by atoms with Crippen molar-refractivity contribution in [3.63, 3.8) is 0 Å². The lowest BCUT2D eigenvalue weighted by atomic mass is 10.1. The molecule has 14 heavy (non-hydrogen) atoms. The van der Waals surface area contributed by atoms with E-state index in [0.29, 0.717) is 0 Å². The van der Waals surface area contributed by atoms with Gasteiger partial charge < -0.3 is 20.1 Å². The highest BCUT2D eigenvalue weighted by Crippen LogP contribution is 2.16. The van der Waals surface area contributed by atoms with Gasteiger partial charge >= 0.3 is 0 Å². The minimum absolute atomic E-state index is 0.0503. The Labute approximate surface area is 80.8 Å². The molecule has 1 heterocycles. The van der Waals surface area contributed by atoms with Crippen LogP contribution in [0.2, 0.25) is 0 Å². The van der Waals surface area contributed by atoms with Crippen molar-refractivity contribution < 1.29 is 24.9 Å². The molecule has 0 saturated heterocycles. The molecule has 0 spiro atoms. The van der Waals surface area contributed by atoms with E-state index in [0.717, 1.165) is 0 Å². The standard InChI is InChI=1S/C8H13NO5/c1-4(11)9-7-2-5(12)8(13)6(3-10)14-7/h2,5-6,8,10,12-13H,3H2,1H3,(H,9,11)/t5-,6-,8+/m1/s1. The monoisotopic (exact) mass is 203 g/mol. The fourth-order valence-corrected chi connectivity index (χ4v) is 1.14. The van der Waals surface area contributed by atoms with Crippen LogP contribution in [0.15, 0.2) is 12.0 Å². The first kappa shape index (κ1) is 11.0. The van der Waals surface area contributed by atoms with Crippen LogP contribution in [0.5, 0.6) is 0 Å². The van der Waals surface area contributed by atoms with Gasteiger partial charge in [0.1, 0.15) is 12.2 Å².